The molecule has 0 unspecified atom stereocenters. The molecular weight excluding hydrogens is 373 g/mol. The molecule has 1 heterocycles. The quantitative estimate of drug-likeness (QED) is 0.417. The van der Waals surface area contributed by atoms with Gasteiger partial charge in [-0.05, 0) is 35.1 Å². The first kappa shape index (κ1) is 19.9. The van der Waals surface area contributed by atoms with Crippen LogP contribution in [0.25, 0.3) is 11.3 Å². The fourth-order valence-electron chi connectivity index (χ4n) is 2.84. The number of imidazole rings is 1. The monoisotopic (exact) mass is 397 g/mol. The maximum Gasteiger partial charge on any atom is 0.191 e. The van der Waals surface area contributed by atoms with Gasteiger partial charge in [-0.25, -0.2) is 9.37 Å². The third kappa shape index (κ3) is 5.36. The molecule has 1 aromatic heterocycles. The maximum absolute atomic E-state index is 13.5. The second-order valence-corrected chi connectivity index (χ2v) is 7.10. The maximum atomic E-state index is 13.5. The highest BCUT2D eigenvalue weighted by Crippen LogP contribution is 2.17. The SMILES string of the molecule is CN=C(NCc1ncc(-c2ccccc2)[nH]1)NCc1ccc(F)cc1CSC. The number of rotatable bonds is 7. The number of thioether (sulfide) groups is 1. The highest BCUT2D eigenvalue weighted by Gasteiger charge is 2.07. The lowest BCUT2D eigenvalue weighted by Gasteiger charge is -2.13. The van der Waals surface area contributed by atoms with Crippen LogP contribution >= 0.6 is 11.8 Å². The third-order valence-electron chi connectivity index (χ3n) is 4.27. The van der Waals surface area contributed by atoms with Crippen molar-refractivity contribution in [1.29, 1.82) is 0 Å². The number of benzene rings is 2. The van der Waals surface area contributed by atoms with E-state index in [0.717, 1.165) is 34.0 Å². The number of aliphatic imine (C=N–C) groups is 1. The molecule has 0 aliphatic heterocycles. The number of nitrogens with zero attached hydrogens (tertiary/aromatic N) is 2. The van der Waals surface area contributed by atoms with E-state index in [0.29, 0.717) is 19.0 Å². The van der Waals surface area contributed by atoms with E-state index in [1.54, 1.807) is 24.9 Å². The van der Waals surface area contributed by atoms with Crippen LogP contribution in [0, 0.1) is 5.82 Å². The van der Waals surface area contributed by atoms with Gasteiger partial charge >= 0.3 is 0 Å². The van der Waals surface area contributed by atoms with Gasteiger partial charge in [0.2, 0.25) is 0 Å². The lowest BCUT2D eigenvalue weighted by Crippen LogP contribution is -2.36. The summed E-state index contributed by atoms with van der Waals surface area (Å²) in [5.74, 6) is 2.06. The van der Waals surface area contributed by atoms with Gasteiger partial charge in [-0.2, -0.15) is 11.8 Å². The first-order valence-electron chi connectivity index (χ1n) is 8.99. The van der Waals surface area contributed by atoms with Crippen LogP contribution in [-0.4, -0.2) is 29.2 Å². The van der Waals surface area contributed by atoms with E-state index >= 15 is 0 Å². The van der Waals surface area contributed by atoms with E-state index in [9.17, 15) is 4.39 Å². The molecule has 3 aromatic rings. The van der Waals surface area contributed by atoms with Crippen LogP contribution < -0.4 is 10.6 Å². The molecule has 0 saturated carbocycles. The Bertz CT molecular complexity index is 924. The minimum Gasteiger partial charge on any atom is -0.352 e. The van der Waals surface area contributed by atoms with E-state index in [-0.39, 0.29) is 5.82 Å². The van der Waals surface area contributed by atoms with Gasteiger partial charge in [0.25, 0.3) is 0 Å². The number of aromatic nitrogens is 2. The summed E-state index contributed by atoms with van der Waals surface area (Å²) in [5.41, 5.74) is 4.13. The predicted molar refractivity (Wildman–Crippen MR) is 115 cm³/mol. The summed E-state index contributed by atoms with van der Waals surface area (Å²) < 4.78 is 13.5. The normalized spacial score (nSPS) is 11.5. The Morgan fingerprint density at radius 2 is 1.89 bits per heavy atom. The van der Waals surface area contributed by atoms with Gasteiger partial charge in [0.05, 0.1) is 18.4 Å². The molecule has 5 nitrogen and oxygen atoms in total. The van der Waals surface area contributed by atoms with Gasteiger partial charge in [-0.1, -0.05) is 36.4 Å². The molecule has 0 fully saturated rings. The Kier molecular flexibility index (Phi) is 7.08. The molecule has 0 bridgehead atoms. The number of hydrogen-bond donors (Lipinski definition) is 3. The van der Waals surface area contributed by atoms with Crippen molar-refractivity contribution in [1.82, 2.24) is 20.6 Å². The van der Waals surface area contributed by atoms with E-state index < -0.39 is 0 Å². The summed E-state index contributed by atoms with van der Waals surface area (Å²) in [6.07, 6.45) is 3.84. The number of H-pyrrole nitrogens is 1. The van der Waals surface area contributed by atoms with Crippen molar-refractivity contribution in [3.63, 3.8) is 0 Å². The van der Waals surface area contributed by atoms with E-state index in [1.807, 2.05) is 48.9 Å². The Balaban J connectivity index is 1.57. The van der Waals surface area contributed by atoms with Gasteiger partial charge in [-0.3, -0.25) is 4.99 Å². The average molecular weight is 398 g/mol. The van der Waals surface area contributed by atoms with Crippen molar-refractivity contribution < 1.29 is 4.39 Å². The number of halogens is 1. The molecule has 3 rings (SSSR count). The Labute approximate surface area is 168 Å². The zero-order valence-electron chi connectivity index (χ0n) is 16.0. The molecule has 0 radical (unpaired) electrons. The number of nitrogens with one attached hydrogen (secondary N) is 3. The lowest BCUT2D eigenvalue weighted by atomic mass is 10.1. The largest absolute Gasteiger partial charge is 0.352 e. The summed E-state index contributed by atoms with van der Waals surface area (Å²) in [4.78, 5) is 12.0. The van der Waals surface area contributed by atoms with E-state index in [1.165, 1.54) is 6.07 Å². The van der Waals surface area contributed by atoms with Gasteiger partial charge < -0.3 is 15.6 Å². The molecule has 28 heavy (non-hydrogen) atoms. The molecule has 146 valence electrons. The van der Waals surface area contributed by atoms with Crippen LogP contribution in [0.15, 0.2) is 59.7 Å². The number of aromatic amines is 1. The smallest absolute Gasteiger partial charge is 0.191 e. The van der Waals surface area contributed by atoms with Crippen LogP contribution in [0.1, 0.15) is 17.0 Å². The molecule has 0 amide bonds. The fourth-order valence-corrected chi connectivity index (χ4v) is 3.42. The molecular formula is C21H24FN5S. The van der Waals surface area contributed by atoms with Crippen LogP contribution in [-0.2, 0) is 18.8 Å². The van der Waals surface area contributed by atoms with Crippen molar-refractivity contribution >= 4 is 17.7 Å². The molecule has 2 aromatic carbocycles. The molecule has 0 saturated heterocycles. The van der Waals surface area contributed by atoms with Crippen molar-refractivity contribution in [2.75, 3.05) is 13.3 Å². The van der Waals surface area contributed by atoms with Gasteiger partial charge in [0.15, 0.2) is 5.96 Å². The van der Waals surface area contributed by atoms with E-state index in [4.69, 9.17) is 0 Å². The summed E-state index contributed by atoms with van der Waals surface area (Å²) in [6.45, 7) is 1.09. The second-order valence-electron chi connectivity index (χ2n) is 6.23. The fraction of sp³-hybridized carbons (Fsp3) is 0.238. The molecule has 0 spiro atoms. The zero-order chi connectivity index (χ0) is 19.8. The first-order valence-corrected chi connectivity index (χ1v) is 10.4. The van der Waals surface area contributed by atoms with Crippen LogP contribution in [0.3, 0.4) is 0 Å². The second kappa shape index (κ2) is 9.94. The lowest BCUT2D eigenvalue weighted by molar-refractivity contribution is 0.625. The minimum atomic E-state index is -0.206. The van der Waals surface area contributed by atoms with Gasteiger partial charge in [-0.15, -0.1) is 0 Å². The average Bonchev–Trinajstić information content (AvgIpc) is 3.19. The summed E-state index contributed by atoms with van der Waals surface area (Å²) in [6, 6.07) is 15.0. The molecule has 0 atom stereocenters. The number of guanidine groups is 1. The van der Waals surface area contributed by atoms with Gasteiger partial charge in [0.1, 0.15) is 11.6 Å². The molecule has 3 N–H and O–H groups in total. The molecule has 7 heteroatoms. The highest BCUT2D eigenvalue weighted by atomic mass is 32.2. The minimum absolute atomic E-state index is 0.206. The summed E-state index contributed by atoms with van der Waals surface area (Å²) >= 11 is 1.67. The van der Waals surface area contributed by atoms with Crippen LogP contribution in [0.4, 0.5) is 4.39 Å². The highest BCUT2D eigenvalue weighted by molar-refractivity contribution is 7.97. The third-order valence-corrected chi connectivity index (χ3v) is 4.87. The standard InChI is InChI=1S/C21H24FN5S/c1-23-21(25-11-16-8-9-18(22)10-17(16)14-28-2)26-13-20-24-12-19(27-20)15-6-4-3-5-7-15/h3-10,12H,11,13-14H2,1-2H3,(H,24,27)(H2,23,25,26). The molecule has 0 aliphatic carbocycles. The van der Waals surface area contributed by atoms with Crippen molar-refractivity contribution in [2.45, 2.75) is 18.8 Å². The van der Waals surface area contributed by atoms with Gasteiger partial charge in [0, 0.05) is 19.3 Å². The van der Waals surface area contributed by atoms with Crippen LogP contribution in [0.5, 0.6) is 0 Å². The summed E-state index contributed by atoms with van der Waals surface area (Å²) in [5, 5.41) is 6.53. The van der Waals surface area contributed by atoms with Crippen molar-refractivity contribution in [3.8, 4) is 11.3 Å². The van der Waals surface area contributed by atoms with Crippen molar-refractivity contribution in [2.24, 2.45) is 4.99 Å². The van der Waals surface area contributed by atoms with Crippen LogP contribution in [0.2, 0.25) is 0 Å². The van der Waals surface area contributed by atoms with E-state index in [2.05, 4.69) is 25.6 Å². The predicted octanol–water partition coefficient (Wildman–Crippen LogP) is 3.94. The zero-order valence-corrected chi connectivity index (χ0v) is 16.8. The Morgan fingerprint density at radius 1 is 1.11 bits per heavy atom. The topological polar surface area (TPSA) is 65.1 Å². The Hall–Kier alpha value is -2.80. The molecule has 0 aliphatic rings. The number of hydrogen-bond acceptors (Lipinski definition) is 3. The summed E-state index contributed by atoms with van der Waals surface area (Å²) in [7, 11) is 1.72. The Morgan fingerprint density at radius 3 is 2.64 bits per heavy atom. The van der Waals surface area contributed by atoms with Crippen molar-refractivity contribution in [3.05, 3.63) is 77.5 Å². The first-order chi connectivity index (χ1) is 13.7.